The molecule has 0 aromatic heterocycles. The van der Waals surface area contributed by atoms with Gasteiger partial charge in [0.25, 0.3) is 0 Å². The Morgan fingerprint density at radius 3 is 3.08 bits per heavy atom. The van der Waals surface area contributed by atoms with Gasteiger partial charge in [-0.25, -0.2) is 4.79 Å². The van der Waals surface area contributed by atoms with Gasteiger partial charge in [-0.1, -0.05) is 13.0 Å². The van der Waals surface area contributed by atoms with Crippen LogP contribution in [0.5, 0.6) is 0 Å². The molecule has 0 amide bonds. The summed E-state index contributed by atoms with van der Waals surface area (Å²) in [5.41, 5.74) is 0. The highest BCUT2D eigenvalue weighted by atomic mass is 16.4. The molecule has 3 nitrogen and oxygen atoms in total. The van der Waals surface area contributed by atoms with Crippen molar-refractivity contribution >= 4 is 5.97 Å². The molecule has 0 radical (unpaired) electrons. The molecule has 0 aliphatic carbocycles. The van der Waals surface area contributed by atoms with Crippen LogP contribution >= 0.6 is 0 Å². The summed E-state index contributed by atoms with van der Waals surface area (Å²) in [5, 5.41) is 8.39. The monoisotopic (exact) mass is 183 g/mol. The molecule has 1 N–H and O–H groups in total. The first-order valence-corrected chi connectivity index (χ1v) is 4.80. The summed E-state index contributed by atoms with van der Waals surface area (Å²) < 4.78 is 0. The zero-order valence-electron chi connectivity index (χ0n) is 8.07. The number of carbonyl (C=O) groups is 1. The molecule has 1 rings (SSSR count). The van der Waals surface area contributed by atoms with E-state index >= 15 is 0 Å². The molecule has 1 aliphatic heterocycles. The van der Waals surface area contributed by atoms with E-state index in [4.69, 9.17) is 5.11 Å². The van der Waals surface area contributed by atoms with E-state index in [-0.39, 0.29) is 0 Å². The molecule has 3 heteroatoms. The van der Waals surface area contributed by atoms with Crippen LogP contribution in [0, 0.1) is 5.92 Å². The van der Waals surface area contributed by atoms with Gasteiger partial charge in [-0.2, -0.15) is 0 Å². The number of piperidine rings is 1. The summed E-state index contributed by atoms with van der Waals surface area (Å²) in [6.45, 7) is 5.22. The van der Waals surface area contributed by atoms with Gasteiger partial charge in [0.15, 0.2) is 0 Å². The van der Waals surface area contributed by atoms with Crippen molar-refractivity contribution < 1.29 is 9.90 Å². The number of likely N-dealkylation sites (tertiary alicyclic amines) is 1. The third-order valence-corrected chi connectivity index (χ3v) is 2.37. The molecular formula is C10H17NO2. The predicted octanol–water partition coefficient (Wildman–Crippen LogP) is 1.36. The molecule has 0 aromatic rings. The Morgan fingerprint density at radius 1 is 1.69 bits per heavy atom. The maximum absolute atomic E-state index is 10.2. The standard InChI is InChI=1S/C10H17NO2/c1-9-4-2-6-11(8-9)7-3-5-10(12)13/h3,5,9H,2,4,6-8H2,1H3,(H,12,13). The Hall–Kier alpha value is -0.830. The van der Waals surface area contributed by atoms with Crippen LogP contribution in [0.25, 0.3) is 0 Å². The fourth-order valence-corrected chi connectivity index (χ4v) is 1.76. The first-order chi connectivity index (χ1) is 6.18. The van der Waals surface area contributed by atoms with Gasteiger partial charge in [-0.15, -0.1) is 0 Å². The van der Waals surface area contributed by atoms with Crippen LogP contribution in [-0.4, -0.2) is 35.6 Å². The second-order valence-electron chi connectivity index (χ2n) is 3.75. The van der Waals surface area contributed by atoms with Crippen LogP contribution in [0.4, 0.5) is 0 Å². The summed E-state index contributed by atoms with van der Waals surface area (Å²) in [6.07, 6.45) is 5.49. The summed E-state index contributed by atoms with van der Waals surface area (Å²) >= 11 is 0. The molecule has 1 atom stereocenters. The largest absolute Gasteiger partial charge is 0.478 e. The third kappa shape index (κ3) is 4.08. The highest BCUT2D eigenvalue weighted by Gasteiger charge is 2.14. The molecule has 1 heterocycles. The molecular weight excluding hydrogens is 166 g/mol. The number of carboxylic acids is 1. The van der Waals surface area contributed by atoms with Crippen molar-refractivity contribution in [1.29, 1.82) is 0 Å². The zero-order valence-corrected chi connectivity index (χ0v) is 8.07. The minimum Gasteiger partial charge on any atom is -0.478 e. The normalized spacial score (nSPS) is 25.2. The minimum absolute atomic E-state index is 0.756. The van der Waals surface area contributed by atoms with E-state index in [0.717, 1.165) is 25.6 Å². The van der Waals surface area contributed by atoms with Crippen LogP contribution in [0.1, 0.15) is 19.8 Å². The Morgan fingerprint density at radius 2 is 2.46 bits per heavy atom. The van der Waals surface area contributed by atoms with Gasteiger partial charge in [0.05, 0.1) is 0 Å². The van der Waals surface area contributed by atoms with E-state index in [1.54, 1.807) is 6.08 Å². The van der Waals surface area contributed by atoms with E-state index < -0.39 is 5.97 Å². The van der Waals surface area contributed by atoms with Gasteiger partial charge in [0.1, 0.15) is 0 Å². The van der Waals surface area contributed by atoms with Crippen LogP contribution in [0.15, 0.2) is 12.2 Å². The van der Waals surface area contributed by atoms with Gasteiger partial charge in [-0.05, 0) is 25.3 Å². The van der Waals surface area contributed by atoms with Crippen molar-refractivity contribution in [3.05, 3.63) is 12.2 Å². The van der Waals surface area contributed by atoms with Crippen molar-refractivity contribution in [2.75, 3.05) is 19.6 Å². The fraction of sp³-hybridized carbons (Fsp3) is 0.700. The quantitative estimate of drug-likeness (QED) is 0.672. The van der Waals surface area contributed by atoms with E-state index in [0.29, 0.717) is 0 Å². The van der Waals surface area contributed by atoms with Crippen molar-refractivity contribution in [2.45, 2.75) is 19.8 Å². The molecule has 0 aromatic carbocycles. The van der Waals surface area contributed by atoms with E-state index in [1.165, 1.54) is 18.9 Å². The lowest BCUT2D eigenvalue weighted by atomic mass is 10.0. The number of rotatable bonds is 3. The van der Waals surface area contributed by atoms with Gasteiger partial charge < -0.3 is 5.11 Å². The molecule has 74 valence electrons. The molecule has 1 unspecified atom stereocenters. The molecule has 1 fully saturated rings. The minimum atomic E-state index is -0.856. The molecule has 13 heavy (non-hydrogen) atoms. The first kappa shape index (κ1) is 10.3. The number of carboxylic acid groups (broad SMARTS) is 1. The maximum Gasteiger partial charge on any atom is 0.328 e. The predicted molar refractivity (Wildman–Crippen MR) is 51.6 cm³/mol. The van der Waals surface area contributed by atoms with Gasteiger partial charge in [-0.3, -0.25) is 4.90 Å². The number of hydrogen-bond acceptors (Lipinski definition) is 2. The number of hydrogen-bond donors (Lipinski definition) is 1. The van der Waals surface area contributed by atoms with Gasteiger partial charge in [0.2, 0.25) is 0 Å². The lowest BCUT2D eigenvalue weighted by molar-refractivity contribution is -0.131. The number of aliphatic carboxylic acids is 1. The lowest BCUT2D eigenvalue weighted by Gasteiger charge is -2.29. The van der Waals surface area contributed by atoms with E-state index in [2.05, 4.69) is 11.8 Å². The van der Waals surface area contributed by atoms with Crippen molar-refractivity contribution in [1.82, 2.24) is 4.90 Å². The van der Waals surface area contributed by atoms with E-state index in [9.17, 15) is 4.79 Å². The Balaban J connectivity index is 2.24. The van der Waals surface area contributed by atoms with Crippen molar-refractivity contribution in [2.24, 2.45) is 5.92 Å². The van der Waals surface area contributed by atoms with Crippen molar-refractivity contribution in [3.63, 3.8) is 0 Å². The molecule has 0 saturated carbocycles. The Labute approximate surface area is 79.0 Å². The molecule has 1 saturated heterocycles. The Bertz CT molecular complexity index is 201. The fourth-order valence-electron chi connectivity index (χ4n) is 1.76. The van der Waals surface area contributed by atoms with Gasteiger partial charge in [0, 0.05) is 19.2 Å². The summed E-state index contributed by atoms with van der Waals surface area (Å²) in [4.78, 5) is 12.5. The summed E-state index contributed by atoms with van der Waals surface area (Å²) in [7, 11) is 0. The smallest absolute Gasteiger partial charge is 0.328 e. The maximum atomic E-state index is 10.2. The third-order valence-electron chi connectivity index (χ3n) is 2.37. The van der Waals surface area contributed by atoms with Crippen LogP contribution in [-0.2, 0) is 4.79 Å². The Kier molecular flexibility index (Phi) is 3.96. The second-order valence-corrected chi connectivity index (χ2v) is 3.75. The topological polar surface area (TPSA) is 40.5 Å². The first-order valence-electron chi connectivity index (χ1n) is 4.80. The molecule has 0 bridgehead atoms. The summed E-state index contributed by atoms with van der Waals surface area (Å²) in [5.74, 6) is -0.1000. The van der Waals surface area contributed by atoms with Crippen LogP contribution in [0.2, 0.25) is 0 Å². The van der Waals surface area contributed by atoms with Crippen LogP contribution in [0.3, 0.4) is 0 Å². The number of nitrogens with zero attached hydrogens (tertiary/aromatic N) is 1. The average Bonchev–Trinajstić information content (AvgIpc) is 2.03. The van der Waals surface area contributed by atoms with Crippen LogP contribution < -0.4 is 0 Å². The molecule has 1 aliphatic rings. The zero-order chi connectivity index (χ0) is 9.68. The van der Waals surface area contributed by atoms with E-state index in [1.807, 2.05) is 0 Å². The SMILES string of the molecule is CC1CCCN(CC=CC(=O)O)C1. The highest BCUT2D eigenvalue weighted by molar-refractivity contribution is 5.79. The molecule has 0 spiro atoms. The highest BCUT2D eigenvalue weighted by Crippen LogP contribution is 2.14. The van der Waals surface area contributed by atoms with Crippen molar-refractivity contribution in [3.8, 4) is 0 Å². The average molecular weight is 183 g/mol. The summed E-state index contributed by atoms with van der Waals surface area (Å²) in [6, 6.07) is 0. The lowest BCUT2D eigenvalue weighted by Crippen LogP contribution is -2.34. The second kappa shape index (κ2) is 5.02. The van der Waals surface area contributed by atoms with Gasteiger partial charge >= 0.3 is 5.97 Å².